The molecule has 2 aromatic carbocycles. The molecule has 34 heavy (non-hydrogen) atoms. The highest BCUT2D eigenvalue weighted by molar-refractivity contribution is 7.89. The van der Waals surface area contributed by atoms with Crippen LogP contribution in [-0.2, 0) is 27.8 Å². The zero-order valence-electron chi connectivity index (χ0n) is 18.6. The number of aromatic carboxylic acids is 1. The number of carboxylic acid groups (broad SMARTS) is 2. The summed E-state index contributed by atoms with van der Waals surface area (Å²) >= 11 is 0. The summed E-state index contributed by atoms with van der Waals surface area (Å²) < 4.78 is 35.2. The molecule has 0 amide bonds. The van der Waals surface area contributed by atoms with Crippen LogP contribution in [0, 0.1) is 11.8 Å². The molecule has 0 spiro atoms. The molecule has 0 aliphatic rings. The minimum absolute atomic E-state index is 0.0577. The van der Waals surface area contributed by atoms with Crippen molar-refractivity contribution in [2.45, 2.75) is 37.8 Å². The lowest BCUT2D eigenvalue weighted by atomic mass is 10.0. The van der Waals surface area contributed by atoms with Gasteiger partial charge in [-0.05, 0) is 61.9 Å². The molecule has 0 saturated carbocycles. The molecule has 0 aliphatic carbocycles. The third-order valence-electron chi connectivity index (χ3n) is 5.19. The van der Waals surface area contributed by atoms with E-state index >= 15 is 0 Å². The van der Waals surface area contributed by atoms with Gasteiger partial charge in [0.15, 0.2) is 0 Å². The molecule has 3 aromatic rings. The van der Waals surface area contributed by atoms with E-state index in [2.05, 4.69) is 16.6 Å². The lowest BCUT2D eigenvalue weighted by Crippen LogP contribution is -2.42. The summed E-state index contributed by atoms with van der Waals surface area (Å²) in [5.41, 5.74) is 1.32. The van der Waals surface area contributed by atoms with Gasteiger partial charge >= 0.3 is 11.9 Å². The summed E-state index contributed by atoms with van der Waals surface area (Å²) in [7, 11) is -4.16. The van der Waals surface area contributed by atoms with Crippen LogP contribution < -0.4 is 9.46 Å². The van der Waals surface area contributed by atoms with E-state index in [1.807, 2.05) is 11.5 Å². The minimum Gasteiger partial charge on any atom is -0.481 e. The van der Waals surface area contributed by atoms with E-state index < -0.39 is 28.0 Å². The molecule has 1 heterocycles. The van der Waals surface area contributed by atoms with Gasteiger partial charge in [-0.1, -0.05) is 5.92 Å². The first-order valence-electron chi connectivity index (χ1n) is 10.4. The first-order chi connectivity index (χ1) is 16.2. The van der Waals surface area contributed by atoms with Crippen LogP contribution in [0.5, 0.6) is 5.75 Å². The van der Waals surface area contributed by atoms with Crippen molar-refractivity contribution in [1.29, 1.82) is 0 Å². The van der Waals surface area contributed by atoms with Gasteiger partial charge in [-0.3, -0.25) is 4.79 Å². The Kier molecular flexibility index (Phi) is 7.61. The van der Waals surface area contributed by atoms with E-state index in [0.717, 1.165) is 5.52 Å². The van der Waals surface area contributed by atoms with Crippen LogP contribution in [0.2, 0.25) is 0 Å². The van der Waals surface area contributed by atoms with Crippen LogP contribution in [0.15, 0.2) is 53.6 Å². The Labute approximate surface area is 197 Å². The summed E-state index contributed by atoms with van der Waals surface area (Å²) in [6.07, 6.45) is 1.55. The number of nitrogens with zero attached hydrogens (tertiary/aromatic N) is 1. The lowest BCUT2D eigenvalue weighted by Gasteiger charge is -2.15. The number of fused-ring (bicyclic) bond motifs is 1. The first kappa shape index (κ1) is 24.8. The maximum absolute atomic E-state index is 12.9. The minimum atomic E-state index is -4.16. The second-order valence-corrected chi connectivity index (χ2v) is 9.09. The van der Waals surface area contributed by atoms with Gasteiger partial charge in [-0.2, -0.15) is 4.72 Å². The van der Waals surface area contributed by atoms with Crippen LogP contribution in [0.25, 0.3) is 10.9 Å². The molecule has 1 atom stereocenters. The van der Waals surface area contributed by atoms with Crippen molar-refractivity contribution in [2.75, 3.05) is 6.61 Å². The summed E-state index contributed by atoms with van der Waals surface area (Å²) in [6, 6.07) is 8.69. The van der Waals surface area contributed by atoms with Gasteiger partial charge in [0.2, 0.25) is 10.0 Å². The molecule has 9 nitrogen and oxygen atoms in total. The second kappa shape index (κ2) is 10.4. The predicted molar refractivity (Wildman–Crippen MR) is 125 cm³/mol. The molecule has 0 saturated heterocycles. The Morgan fingerprint density at radius 3 is 2.44 bits per heavy atom. The number of aryl methyl sites for hydroxylation is 1. The maximum atomic E-state index is 12.9. The van der Waals surface area contributed by atoms with Crippen molar-refractivity contribution >= 4 is 32.9 Å². The second-order valence-electron chi connectivity index (χ2n) is 7.38. The van der Waals surface area contributed by atoms with Crippen molar-refractivity contribution in [1.82, 2.24) is 9.29 Å². The molecular weight excluding hydrogens is 460 g/mol. The average molecular weight is 485 g/mol. The summed E-state index contributed by atoms with van der Waals surface area (Å²) in [4.78, 5) is 23.2. The number of aliphatic carboxylic acids is 1. The Bertz CT molecular complexity index is 1380. The summed E-state index contributed by atoms with van der Waals surface area (Å²) in [6.45, 7) is 4.31. The smallest absolute Gasteiger partial charge is 0.335 e. The van der Waals surface area contributed by atoms with Crippen molar-refractivity contribution in [3.8, 4) is 17.6 Å². The van der Waals surface area contributed by atoms with Crippen LogP contribution in [0.1, 0.15) is 29.8 Å². The van der Waals surface area contributed by atoms with Gasteiger partial charge in [-0.25, -0.2) is 13.2 Å². The number of carbonyl (C=O) groups is 2. The van der Waals surface area contributed by atoms with Crippen molar-refractivity contribution in [3.63, 3.8) is 0 Å². The Hall–Kier alpha value is -3.81. The van der Waals surface area contributed by atoms with Crippen LogP contribution in [-0.4, -0.2) is 47.8 Å². The number of ether oxygens (including phenoxy) is 1. The number of sulfonamides is 1. The summed E-state index contributed by atoms with van der Waals surface area (Å²) in [5, 5.41) is 19.6. The van der Waals surface area contributed by atoms with Crippen molar-refractivity contribution in [2.24, 2.45) is 0 Å². The van der Waals surface area contributed by atoms with Crippen LogP contribution >= 0.6 is 0 Å². The Morgan fingerprint density at radius 2 is 1.85 bits per heavy atom. The Morgan fingerprint density at radius 1 is 1.15 bits per heavy atom. The highest BCUT2D eigenvalue weighted by Gasteiger charge is 2.27. The molecule has 0 unspecified atom stereocenters. The van der Waals surface area contributed by atoms with E-state index in [9.17, 15) is 28.2 Å². The number of benzene rings is 2. The van der Waals surface area contributed by atoms with Crippen molar-refractivity contribution < 1.29 is 33.0 Å². The SMILES string of the molecule is CC#CCOc1ccc(S(=O)(=O)N[C@@H](Cc2cn(CC)c3ccc(C(=O)O)cc23)C(=O)O)cc1. The van der Waals surface area contributed by atoms with Crippen LogP contribution in [0.3, 0.4) is 0 Å². The topological polar surface area (TPSA) is 135 Å². The molecule has 0 aliphatic heterocycles. The molecule has 0 bridgehead atoms. The molecule has 0 fully saturated rings. The van der Waals surface area contributed by atoms with E-state index in [1.165, 1.54) is 36.4 Å². The predicted octanol–water partition coefficient (Wildman–Crippen LogP) is 2.74. The van der Waals surface area contributed by atoms with Gasteiger partial charge in [0, 0.05) is 30.1 Å². The van der Waals surface area contributed by atoms with E-state index in [4.69, 9.17) is 4.74 Å². The number of aromatic nitrogens is 1. The fraction of sp³-hybridized carbons (Fsp3) is 0.250. The number of nitrogens with one attached hydrogen (secondary N) is 1. The number of hydrogen-bond acceptors (Lipinski definition) is 5. The molecule has 3 rings (SSSR count). The maximum Gasteiger partial charge on any atom is 0.335 e. The van der Waals surface area contributed by atoms with Crippen molar-refractivity contribution in [3.05, 3.63) is 59.8 Å². The molecular formula is C24H24N2O7S. The lowest BCUT2D eigenvalue weighted by molar-refractivity contribution is -0.138. The standard InChI is InChI=1S/C24H24N2O7S/c1-3-5-12-33-18-7-9-19(10-8-18)34(31,32)25-21(24(29)30)14-17-15-26(4-2)22-11-6-16(23(27)28)13-20(17)22/h6-11,13,15,21,25H,4,12,14H2,1-2H3,(H,27,28)(H,29,30)/t21-/m0/s1. The van der Waals surface area contributed by atoms with Gasteiger partial charge in [0.05, 0.1) is 10.5 Å². The third-order valence-corrected chi connectivity index (χ3v) is 6.68. The first-order valence-corrected chi connectivity index (χ1v) is 11.9. The zero-order valence-corrected chi connectivity index (χ0v) is 19.4. The fourth-order valence-corrected chi connectivity index (χ4v) is 4.68. The van der Waals surface area contributed by atoms with Gasteiger partial charge in [0.1, 0.15) is 18.4 Å². The normalized spacial score (nSPS) is 12.1. The quantitative estimate of drug-likeness (QED) is 0.377. The highest BCUT2D eigenvalue weighted by Crippen LogP contribution is 2.25. The van der Waals surface area contributed by atoms with E-state index in [-0.39, 0.29) is 23.5 Å². The molecule has 1 aromatic heterocycles. The van der Waals surface area contributed by atoms with Crippen LogP contribution in [0.4, 0.5) is 0 Å². The van der Waals surface area contributed by atoms with Gasteiger partial charge in [-0.15, -0.1) is 5.92 Å². The zero-order chi connectivity index (χ0) is 24.9. The molecule has 178 valence electrons. The monoisotopic (exact) mass is 484 g/mol. The number of rotatable bonds is 10. The van der Waals surface area contributed by atoms with Gasteiger partial charge < -0.3 is 19.5 Å². The number of carboxylic acids is 2. The molecule has 0 radical (unpaired) electrons. The fourth-order valence-electron chi connectivity index (χ4n) is 3.49. The number of hydrogen-bond donors (Lipinski definition) is 3. The van der Waals surface area contributed by atoms with E-state index in [0.29, 0.717) is 23.2 Å². The van der Waals surface area contributed by atoms with Gasteiger partial charge in [0.25, 0.3) is 0 Å². The Balaban J connectivity index is 1.87. The average Bonchev–Trinajstić information content (AvgIpc) is 3.15. The molecule has 10 heteroatoms. The van der Waals surface area contributed by atoms with E-state index in [1.54, 1.807) is 19.2 Å². The highest BCUT2D eigenvalue weighted by atomic mass is 32.2. The largest absolute Gasteiger partial charge is 0.481 e. The summed E-state index contributed by atoms with van der Waals surface area (Å²) in [5.74, 6) is 3.38. The third kappa shape index (κ3) is 5.57. The molecule has 3 N–H and O–H groups in total.